The molecule has 1 rings (SSSR count). The van der Waals surface area contributed by atoms with Crippen LogP contribution in [0.4, 0.5) is 0 Å². The Labute approximate surface area is 86.1 Å². The standard InChI is InChI=1S/C12H19NO/c1-8(9(2)11-5-6-11)7-12(13)10(3)14-4/h7,11H,2,5-6,13H2,1,3-4H3/b8-7-,12-10-. The van der Waals surface area contributed by atoms with Crippen molar-refractivity contribution >= 4 is 0 Å². The number of ether oxygens (including phenoxy) is 1. The lowest BCUT2D eigenvalue weighted by Gasteiger charge is -2.06. The molecule has 0 amide bonds. The molecule has 0 bridgehead atoms. The van der Waals surface area contributed by atoms with Crippen molar-refractivity contribution in [2.24, 2.45) is 11.7 Å². The zero-order valence-electron chi connectivity index (χ0n) is 9.26. The molecular weight excluding hydrogens is 174 g/mol. The molecule has 1 fully saturated rings. The minimum atomic E-state index is 0.687. The molecule has 0 aliphatic heterocycles. The molecular formula is C12H19NO. The molecule has 1 aliphatic rings. The molecule has 0 heterocycles. The van der Waals surface area contributed by atoms with Gasteiger partial charge in [-0.15, -0.1) is 0 Å². The molecule has 2 N–H and O–H groups in total. The number of hydrogen-bond donors (Lipinski definition) is 1. The third kappa shape index (κ3) is 2.66. The van der Waals surface area contributed by atoms with E-state index in [2.05, 4.69) is 13.5 Å². The normalized spacial score (nSPS) is 18.9. The van der Waals surface area contributed by atoms with E-state index in [1.54, 1.807) is 7.11 Å². The maximum Gasteiger partial charge on any atom is 0.115 e. The van der Waals surface area contributed by atoms with E-state index in [0.29, 0.717) is 11.6 Å². The van der Waals surface area contributed by atoms with Gasteiger partial charge in [-0.2, -0.15) is 0 Å². The monoisotopic (exact) mass is 193 g/mol. The molecule has 0 aromatic carbocycles. The minimum Gasteiger partial charge on any atom is -0.499 e. The summed E-state index contributed by atoms with van der Waals surface area (Å²) in [6.07, 6.45) is 4.49. The molecule has 0 radical (unpaired) electrons. The van der Waals surface area contributed by atoms with Crippen LogP contribution in [0.1, 0.15) is 26.7 Å². The Hall–Kier alpha value is -1.18. The van der Waals surface area contributed by atoms with Crippen LogP contribution in [0.25, 0.3) is 0 Å². The van der Waals surface area contributed by atoms with Gasteiger partial charge < -0.3 is 10.5 Å². The molecule has 0 atom stereocenters. The van der Waals surface area contributed by atoms with Gasteiger partial charge in [-0.1, -0.05) is 6.58 Å². The Balaban J connectivity index is 2.71. The predicted octanol–water partition coefficient (Wildman–Crippen LogP) is 2.74. The first-order valence-electron chi connectivity index (χ1n) is 4.94. The van der Waals surface area contributed by atoms with Crippen LogP contribution in [0.3, 0.4) is 0 Å². The summed E-state index contributed by atoms with van der Waals surface area (Å²) in [5.41, 5.74) is 8.90. The summed E-state index contributed by atoms with van der Waals surface area (Å²) in [4.78, 5) is 0. The van der Waals surface area contributed by atoms with Crippen molar-refractivity contribution in [2.75, 3.05) is 7.11 Å². The quantitative estimate of drug-likeness (QED) is 0.550. The minimum absolute atomic E-state index is 0.687. The molecule has 0 aromatic rings. The molecule has 2 heteroatoms. The summed E-state index contributed by atoms with van der Waals surface area (Å²) < 4.78 is 5.05. The number of nitrogens with two attached hydrogens (primary N) is 1. The number of methoxy groups -OCH3 is 1. The zero-order valence-corrected chi connectivity index (χ0v) is 9.26. The summed E-state index contributed by atoms with van der Waals surface area (Å²) in [6.45, 7) is 7.98. The second kappa shape index (κ2) is 4.36. The van der Waals surface area contributed by atoms with E-state index in [1.807, 2.05) is 13.0 Å². The van der Waals surface area contributed by atoms with E-state index in [9.17, 15) is 0 Å². The Morgan fingerprint density at radius 2 is 2.00 bits per heavy atom. The summed E-state index contributed by atoms with van der Waals surface area (Å²) in [5, 5.41) is 0. The van der Waals surface area contributed by atoms with E-state index in [4.69, 9.17) is 10.5 Å². The maximum atomic E-state index is 5.82. The fourth-order valence-corrected chi connectivity index (χ4v) is 1.30. The Kier molecular flexibility index (Phi) is 3.39. The fraction of sp³-hybridized carbons (Fsp3) is 0.500. The second-order valence-corrected chi connectivity index (χ2v) is 3.84. The van der Waals surface area contributed by atoms with Crippen molar-refractivity contribution in [3.8, 4) is 0 Å². The Morgan fingerprint density at radius 3 is 2.43 bits per heavy atom. The first-order chi connectivity index (χ1) is 6.56. The zero-order chi connectivity index (χ0) is 10.7. The van der Waals surface area contributed by atoms with Crippen molar-refractivity contribution in [1.82, 2.24) is 0 Å². The molecule has 0 aromatic heterocycles. The lowest BCUT2D eigenvalue weighted by molar-refractivity contribution is 0.289. The smallest absolute Gasteiger partial charge is 0.115 e. The third-order valence-electron chi connectivity index (χ3n) is 2.66. The van der Waals surface area contributed by atoms with Crippen LogP contribution in [0, 0.1) is 5.92 Å². The SMILES string of the molecule is C=C(/C(C)=C\C(N)=C(/C)OC)C1CC1. The van der Waals surface area contributed by atoms with Gasteiger partial charge in [0.2, 0.25) is 0 Å². The average molecular weight is 193 g/mol. The number of hydrogen-bond acceptors (Lipinski definition) is 2. The number of allylic oxidation sites excluding steroid dienone is 4. The topological polar surface area (TPSA) is 35.2 Å². The highest BCUT2D eigenvalue weighted by molar-refractivity contribution is 5.36. The highest BCUT2D eigenvalue weighted by Gasteiger charge is 2.25. The van der Waals surface area contributed by atoms with Crippen LogP contribution in [0.5, 0.6) is 0 Å². The van der Waals surface area contributed by atoms with Crippen LogP contribution in [0.15, 0.2) is 35.3 Å². The molecule has 78 valence electrons. The summed E-state index contributed by atoms with van der Waals surface area (Å²) in [5.74, 6) is 1.45. The maximum absolute atomic E-state index is 5.82. The van der Waals surface area contributed by atoms with E-state index < -0.39 is 0 Å². The van der Waals surface area contributed by atoms with Gasteiger partial charge >= 0.3 is 0 Å². The Bertz CT molecular complexity index is 295. The van der Waals surface area contributed by atoms with Gasteiger partial charge in [-0.3, -0.25) is 0 Å². The molecule has 0 unspecified atom stereocenters. The van der Waals surface area contributed by atoms with Crippen molar-refractivity contribution < 1.29 is 4.74 Å². The Morgan fingerprint density at radius 1 is 1.43 bits per heavy atom. The van der Waals surface area contributed by atoms with Gasteiger partial charge in [0.25, 0.3) is 0 Å². The van der Waals surface area contributed by atoms with Crippen molar-refractivity contribution in [3.63, 3.8) is 0 Å². The van der Waals surface area contributed by atoms with Gasteiger partial charge in [0.05, 0.1) is 12.8 Å². The van der Waals surface area contributed by atoms with E-state index in [-0.39, 0.29) is 0 Å². The highest BCUT2D eigenvalue weighted by atomic mass is 16.5. The van der Waals surface area contributed by atoms with Gasteiger partial charge in [-0.05, 0) is 49.8 Å². The molecule has 0 spiro atoms. The molecule has 14 heavy (non-hydrogen) atoms. The molecule has 1 aliphatic carbocycles. The second-order valence-electron chi connectivity index (χ2n) is 3.84. The first kappa shape index (κ1) is 10.9. The van der Waals surface area contributed by atoms with Gasteiger partial charge in [0.1, 0.15) is 5.76 Å². The summed E-state index contributed by atoms with van der Waals surface area (Å²) in [7, 11) is 1.63. The van der Waals surface area contributed by atoms with Crippen molar-refractivity contribution in [2.45, 2.75) is 26.7 Å². The highest BCUT2D eigenvalue weighted by Crippen LogP contribution is 2.38. The average Bonchev–Trinajstić information content (AvgIpc) is 2.98. The van der Waals surface area contributed by atoms with Crippen LogP contribution < -0.4 is 5.73 Å². The third-order valence-corrected chi connectivity index (χ3v) is 2.66. The van der Waals surface area contributed by atoms with Crippen LogP contribution >= 0.6 is 0 Å². The molecule has 2 nitrogen and oxygen atoms in total. The van der Waals surface area contributed by atoms with Crippen LogP contribution in [-0.4, -0.2) is 7.11 Å². The van der Waals surface area contributed by atoms with E-state index in [0.717, 1.165) is 5.76 Å². The molecule has 1 saturated carbocycles. The van der Waals surface area contributed by atoms with Crippen LogP contribution in [-0.2, 0) is 4.74 Å². The first-order valence-corrected chi connectivity index (χ1v) is 4.94. The lowest BCUT2D eigenvalue weighted by atomic mass is 10.0. The molecule has 0 saturated heterocycles. The predicted molar refractivity (Wildman–Crippen MR) is 59.5 cm³/mol. The van der Waals surface area contributed by atoms with Crippen LogP contribution in [0.2, 0.25) is 0 Å². The number of rotatable bonds is 4. The van der Waals surface area contributed by atoms with E-state index in [1.165, 1.54) is 24.0 Å². The largest absolute Gasteiger partial charge is 0.499 e. The van der Waals surface area contributed by atoms with Crippen molar-refractivity contribution in [3.05, 3.63) is 35.3 Å². The van der Waals surface area contributed by atoms with Gasteiger partial charge in [0.15, 0.2) is 0 Å². The summed E-state index contributed by atoms with van der Waals surface area (Å²) >= 11 is 0. The van der Waals surface area contributed by atoms with Gasteiger partial charge in [-0.25, -0.2) is 0 Å². The lowest BCUT2D eigenvalue weighted by Crippen LogP contribution is -2.00. The van der Waals surface area contributed by atoms with Gasteiger partial charge in [0, 0.05) is 0 Å². The van der Waals surface area contributed by atoms with E-state index >= 15 is 0 Å². The van der Waals surface area contributed by atoms with Crippen molar-refractivity contribution in [1.29, 1.82) is 0 Å². The summed E-state index contributed by atoms with van der Waals surface area (Å²) in [6, 6.07) is 0. The fourth-order valence-electron chi connectivity index (χ4n) is 1.30.